The fraction of sp³-hybridized carbons (Fsp3) is 0.0769. The van der Waals surface area contributed by atoms with Gasteiger partial charge in [0.15, 0.2) is 0 Å². The number of rotatable bonds is 5. The second kappa shape index (κ2) is 5.80. The van der Waals surface area contributed by atoms with E-state index in [4.69, 9.17) is 0 Å². The number of nitro groups is 1. The SMILES string of the molecule is CNc1ccc([N+](=O)[O-])cc1S(=O)(=O)Nc1ccccc1. The number of hydrogen-bond donors (Lipinski definition) is 2. The number of para-hydroxylation sites is 1. The maximum atomic E-state index is 12.4. The third kappa shape index (κ3) is 3.29. The zero-order valence-electron chi connectivity index (χ0n) is 11.1. The molecule has 0 atom stereocenters. The second-order valence-electron chi connectivity index (χ2n) is 4.16. The Morgan fingerprint density at radius 1 is 1.10 bits per heavy atom. The predicted octanol–water partition coefficient (Wildman–Crippen LogP) is 2.44. The summed E-state index contributed by atoms with van der Waals surface area (Å²) >= 11 is 0. The quantitative estimate of drug-likeness (QED) is 0.652. The zero-order valence-corrected chi connectivity index (χ0v) is 11.9. The van der Waals surface area contributed by atoms with Crippen LogP contribution in [0.25, 0.3) is 0 Å². The van der Waals surface area contributed by atoms with Crippen LogP contribution < -0.4 is 10.0 Å². The van der Waals surface area contributed by atoms with Crippen molar-refractivity contribution in [3.8, 4) is 0 Å². The Labute approximate surface area is 121 Å². The van der Waals surface area contributed by atoms with Crippen molar-refractivity contribution in [1.29, 1.82) is 0 Å². The molecule has 0 aliphatic heterocycles. The molecule has 0 fully saturated rings. The van der Waals surface area contributed by atoms with Gasteiger partial charge in [-0.1, -0.05) is 18.2 Å². The summed E-state index contributed by atoms with van der Waals surface area (Å²) in [5.41, 5.74) is 0.373. The minimum atomic E-state index is -3.93. The molecule has 0 radical (unpaired) electrons. The van der Waals surface area contributed by atoms with E-state index in [1.54, 1.807) is 37.4 Å². The topological polar surface area (TPSA) is 101 Å². The van der Waals surface area contributed by atoms with E-state index in [0.29, 0.717) is 5.69 Å². The Bertz CT molecular complexity index is 760. The van der Waals surface area contributed by atoms with E-state index in [1.165, 1.54) is 12.1 Å². The standard InChI is InChI=1S/C13H13N3O4S/c1-14-12-8-7-11(16(17)18)9-13(12)21(19,20)15-10-5-3-2-4-6-10/h2-9,14-15H,1H3. The first-order valence-corrected chi connectivity index (χ1v) is 7.46. The molecule has 0 spiro atoms. The number of sulfonamides is 1. The number of nitrogens with one attached hydrogen (secondary N) is 2. The summed E-state index contributed by atoms with van der Waals surface area (Å²) in [4.78, 5) is 9.99. The van der Waals surface area contributed by atoms with Gasteiger partial charge in [-0.2, -0.15) is 0 Å². The predicted molar refractivity (Wildman–Crippen MR) is 79.9 cm³/mol. The highest BCUT2D eigenvalue weighted by atomic mass is 32.2. The van der Waals surface area contributed by atoms with Crippen molar-refractivity contribution < 1.29 is 13.3 Å². The van der Waals surface area contributed by atoms with Gasteiger partial charge < -0.3 is 5.32 Å². The first kappa shape index (κ1) is 14.8. The van der Waals surface area contributed by atoms with Gasteiger partial charge in [0, 0.05) is 24.9 Å². The van der Waals surface area contributed by atoms with Crippen molar-refractivity contribution in [3.05, 3.63) is 58.6 Å². The van der Waals surface area contributed by atoms with E-state index < -0.39 is 14.9 Å². The number of nitrogens with zero attached hydrogens (tertiary/aromatic N) is 1. The van der Waals surface area contributed by atoms with E-state index in [2.05, 4.69) is 10.0 Å². The van der Waals surface area contributed by atoms with Crippen molar-refractivity contribution in [2.24, 2.45) is 0 Å². The van der Waals surface area contributed by atoms with Crippen molar-refractivity contribution >= 4 is 27.1 Å². The Kier molecular flexibility index (Phi) is 4.08. The van der Waals surface area contributed by atoms with Crippen molar-refractivity contribution in [1.82, 2.24) is 0 Å². The lowest BCUT2D eigenvalue weighted by atomic mass is 10.3. The molecular weight excluding hydrogens is 294 g/mol. The Morgan fingerprint density at radius 3 is 2.33 bits per heavy atom. The maximum absolute atomic E-state index is 12.4. The summed E-state index contributed by atoms with van der Waals surface area (Å²) in [5.74, 6) is 0. The molecule has 2 aromatic rings. The van der Waals surface area contributed by atoms with Crippen LogP contribution in [-0.4, -0.2) is 20.4 Å². The molecule has 2 N–H and O–H groups in total. The first-order valence-electron chi connectivity index (χ1n) is 5.98. The van der Waals surface area contributed by atoms with Gasteiger partial charge >= 0.3 is 0 Å². The molecule has 0 aliphatic carbocycles. The number of hydrogen-bond acceptors (Lipinski definition) is 5. The minimum absolute atomic E-state index is 0.178. The smallest absolute Gasteiger partial charge is 0.270 e. The monoisotopic (exact) mass is 307 g/mol. The van der Waals surface area contributed by atoms with Crippen LogP contribution >= 0.6 is 0 Å². The second-order valence-corrected chi connectivity index (χ2v) is 5.81. The summed E-state index contributed by atoms with van der Waals surface area (Å²) in [7, 11) is -2.38. The lowest BCUT2D eigenvalue weighted by molar-refractivity contribution is -0.385. The Balaban J connectivity index is 2.48. The van der Waals surface area contributed by atoms with E-state index in [9.17, 15) is 18.5 Å². The van der Waals surface area contributed by atoms with E-state index in [0.717, 1.165) is 6.07 Å². The molecule has 0 saturated carbocycles. The molecule has 7 nitrogen and oxygen atoms in total. The van der Waals surface area contributed by atoms with E-state index in [-0.39, 0.29) is 16.3 Å². The number of benzene rings is 2. The van der Waals surface area contributed by atoms with Crippen LogP contribution in [0.15, 0.2) is 53.4 Å². The van der Waals surface area contributed by atoms with Crippen LogP contribution in [0.2, 0.25) is 0 Å². The van der Waals surface area contributed by atoms with E-state index in [1.807, 2.05) is 0 Å². The molecular formula is C13H13N3O4S. The molecule has 110 valence electrons. The number of anilines is 2. The summed E-state index contributed by atoms with van der Waals surface area (Å²) < 4.78 is 27.1. The average Bonchev–Trinajstić information content (AvgIpc) is 2.47. The molecule has 8 heteroatoms. The highest BCUT2D eigenvalue weighted by Gasteiger charge is 2.22. The number of non-ortho nitro benzene ring substituents is 1. The van der Waals surface area contributed by atoms with Gasteiger partial charge in [-0.25, -0.2) is 8.42 Å². The molecule has 0 aromatic heterocycles. The van der Waals surface area contributed by atoms with Gasteiger partial charge in [-0.05, 0) is 18.2 Å². The van der Waals surface area contributed by atoms with E-state index >= 15 is 0 Å². The third-order valence-electron chi connectivity index (χ3n) is 2.76. The third-order valence-corrected chi connectivity index (χ3v) is 4.18. The first-order chi connectivity index (χ1) is 9.94. The fourth-order valence-electron chi connectivity index (χ4n) is 1.77. The molecule has 0 aliphatic rings. The van der Waals surface area contributed by atoms with Gasteiger partial charge in [-0.15, -0.1) is 0 Å². The van der Waals surface area contributed by atoms with Gasteiger partial charge in [0.05, 0.1) is 10.6 Å². The maximum Gasteiger partial charge on any atom is 0.270 e. The highest BCUT2D eigenvalue weighted by Crippen LogP contribution is 2.27. The lowest BCUT2D eigenvalue weighted by Gasteiger charge is -2.11. The van der Waals surface area contributed by atoms with Gasteiger partial charge in [0.1, 0.15) is 4.90 Å². The van der Waals surface area contributed by atoms with Gasteiger partial charge in [-0.3, -0.25) is 14.8 Å². The lowest BCUT2D eigenvalue weighted by Crippen LogP contribution is -2.15. The summed E-state index contributed by atoms with van der Waals surface area (Å²) in [6, 6.07) is 11.9. The summed E-state index contributed by atoms with van der Waals surface area (Å²) in [6.07, 6.45) is 0. The minimum Gasteiger partial charge on any atom is -0.387 e. The molecule has 2 rings (SSSR count). The summed E-state index contributed by atoms with van der Waals surface area (Å²) in [6.45, 7) is 0. The molecule has 21 heavy (non-hydrogen) atoms. The van der Waals surface area contributed by atoms with Crippen LogP contribution in [0.1, 0.15) is 0 Å². The molecule has 0 bridgehead atoms. The van der Waals surface area contributed by atoms with Crippen LogP contribution in [-0.2, 0) is 10.0 Å². The fourth-order valence-corrected chi connectivity index (χ4v) is 3.06. The van der Waals surface area contributed by atoms with Crippen LogP contribution in [0.5, 0.6) is 0 Å². The molecule has 2 aromatic carbocycles. The van der Waals surface area contributed by atoms with Crippen LogP contribution in [0, 0.1) is 10.1 Å². The molecule has 0 heterocycles. The van der Waals surface area contributed by atoms with Crippen molar-refractivity contribution in [3.63, 3.8) is 0 Å². The van der Waals surface area contributed by atoms with Crippen LogP contribution in [0.3, 0.4) is 0 Å². The average molecular weight is 307 g/mol. The Hall–Kier alpha value is -2.61. The zero-order chi connectivity index (χ0) is 15.5. The largest absolute Gasteiger partial charge is 0.387 e. The number of nitro benzene ring substituents is 1. The highest BCUT2D eigenvalue weighted by molar-refractivity contribution is 7.92. The normalized spacial score (nSPS) is 10.9. The van der Waals surface area contributed by atoms with Crippen LogP contribution in [0.4, 0.5) is 17.1 Å². The Morgan fingerprint density at radius 2 is 1.76 bits per heavy atom. The molecule has 0 amide bonds. The molecule has 0 saturated heterocycles. The van der Waals surface area contributed by atoms with Gasteiger partial charge in [0.2, 0.25) is 0 Å². The molecule has 0 unspecified atom stereocenters. The van der Waals surface area contributed by atoms with Gasteiger partial charge in [0.25, 0.3) is 15.7 Å². The summed E-state index contributed by atoms with van der Waals surface area (Å²) in [5, 5.41) is 13.5. The van der Waals surface area contributed by atoms with Crippen molar-refractivity contribution in [2.45, 2.75) is 4.90 Å². The van der Waals surface area contributed by atoms with Crippen molar-refractivity contribution in [2.75, 3.05) is 17.1 Å².